The van der Waals surface area contributed by atoms with Crippen molar-refractivity contribution >= 4 is 22.4 Å². The maximum Gasteiger partial charge on any atom is 0.300 e. The number of para-hydroxylation sites is 1. The minimum absolute atomic E-state index is 0.243. The number of carboxylic acid groups (broad SMARTS) is 1. The second-order valence-corrected chi connectivity index (χ2v) is 6.78. The molecule has 0 fully saturated rings. The fourth-order valence-corrected chi connectivity index (χ4v) is 2.55. The van der Waals surface area contributed by atoms with Crippen molar-refractivity contribution in [1.82, 2.24) is 0 Å². The van der Waals surface area contributed by atoms with Gasteiger partial charge >= 0.3 is 0 Å². The van der Waals surface area contributed by atoms with Crippen LogP contribution >= 0.6 is 0 Å². The van der Waals surface area contributed by atoms with Gasteiger partial charge in [0.25, 0.3) is 5.97 Å². The van der Waals surface area contributed by atoms with Gasteiger partial charge < -0.3 is 10.0 Å². The van der Waals surface area contributed by atoms with Crippen LogP contribution in [0.5, 0.6) is 0 Å². The number of hydrogen-bond donors (Lipinski definition) is 1. The molecule has 0 aliphatic rings. The van der Waals surface area contributed by atoms with Crippen LogP contribution in [-0.4, -0.2) is 23.7 Å². The topological polar surface area (TPSA) is 40.5 Å². The maximum absolute atomic E-state index is 9.00. The minimum Gasteiger partial charge on any atom is -0.481 e. The summed E-state index contributed by atoms with van der Waals surface area (Å²) in [5, 5.41) is 9.90. The van der Waals surface area contributed by atoms with Gasteiger partial charge in [0.05, 0.1) is 5.54 Å². The van der Waals surface area contributed by atoms with Gasteiger partial charge in [0.2, 0.25) is 0 Å². The minimum atomic E-state index is -0.833. The highest BCUT2D eigenvalue weighted by molar-refractivity contribution is 5.83. The zero-order chi connectivity index (χ0) is 19.9. The second kappa shape index (κ2) is 8.91. The van der Waals surface area contributed by atoms with E-state index >= 15 is 0 Å². The Hall–Kier alpha value is -3.25. The Bertz CT molecular complexity index is 962. The predicted octanol–water partition coefficient (Wildman–Crippen LogP) is 5.20. The number of anilines is 1. The lowest BCUT2D eigenvalue weighted by molar-refractivity contribution is -0.134. The van der Waals surface area contributed by atoms with E-state index in [1.165, 1.54) is 16.5 Å². The summed E-state index contributed by atoms with van der Waals surface area (Å²) in [6.07, 6.45) is 0. The number of carbonyl (C=O) groups is 1. The smallest absolute Gasteiger partial charge is 0.300 e. The average Bonchev–Trinajstić information content (AvgIpc) is 2.66. The van der Waals surface area contributed by atoms with Crippen molar-refractivity contribution in [2.45, 2.75) is 26.3 Å². The molecule has 0 amide bonds. The van der Waals surface area contributed by atoms with Crippen LogP contribution in [-0.2, 0) is 4.79 Å². The summed E-state index contributed by atoms with van der Waals surface area (Å²) < 4.78 is 0. The Morgan fingerprint density at radius 1 is 0.926 bits per heavy atom. The highest BCUT2D eigenvalue weighted by Gasteiger charge is 2.20. The highest BCUT2D eigenvalue weighted by atomic mass is 16.4. The van der Waals surface area contributed by atoms with Crippen LogP contribution in [0.2, 0.25) is 0 Å². The van der Waals surface area contributed by atoms with Crippen molar-refractivity contribution in [1.29, 1.82) is 0 Å². The fraction of sp³-hybridized carbons (Fsp3) is 0.208. The lowest BCUT2D eigenvalue weighted by atomic mass is 10.0. The molecule has 3 rings (SSSR count). The third kappa shape index (κ3) is 5.90. The van der Waals surface area contributed by atoms with Gasteiger partial charge in [-0.15, -0.1) is 0 Å². The number of hydrogen-bond acceptors (Lipinski definition) is 2. The Kier molecular flexibility index (Phi) is 6.62. The van der Waals surface area contributed by atoms with Gasteiger partial charge in [0.15, 0.2) is 0 Å². The zero-order valence-electron chi connectivity index (χ0n) is 16.2. The Balaban J connectivity index is 0.000000596. The molecule has 3 heteroatoms. The number of benzene rings is 3. The monoisotopic (exact) mass is 359 g/mol. The molecule has 0 aromatic heterocycles. The van der Waals surface area contributed by atoms with E-state index in [0.717, 1.165) is 12.5 Å². The highest BCUT2D eigenvalue weighted by Crippen LogP contribution is 2.21. The van der Waals surface area contributed by atoms with Gasteiger partial charge in [-0.1, -0.05) is 60.4 Å². The molecule has 0 bridgehead atoms. The second-order valence-electron chi connectivity index (χ2n) is 6.78. The number of aliphatic carboxylic acids is 1. The van der Waals surface area contributed by atoms with E-state index in [4.69, 9.17) is 9.90 Å². The molecule has 27 heavy (non-hydrogen) atoms. The summed E-state index contributed by atoms with van der Waals surface area (Å²) in [5.41, 5.74) is 1.98. The molecule has 0 aliphatic heterocycles. The molecule has 0 unspecified atom stereocenters. The van der Waals surface area contributed by atoms with Gasteiger partial charge in [0, 0.05) is 25.2 Å². The average molecular weight is 359 g/mol. The number of carboxylic acids is 1. The summed E-state index contributed by atoms with van der Waals surface area (Å²) in [6.45, 7) is 5.38. The van der Waals surface area contributed by atoms with Crippen LogP contribution in [0.25, 0.3) is 10.8 Å². The summed E-state index contributed by atoms with van der Waals surface area (Å²) in [5.74, 6) is 5.92. The molecule has 0 radical (unpaired) electrons. The van der Waals surface area contributed by atoms with Crippen LogP contribution in [0.15, 0.2) is 72.8 Å². The Labute approximate surface area is 161 Å². The summed E-state index contributed by atoms with van der Waals surface area (Å²) in [4.78, 5) is 11.2. The molecule has 0 heterocycles. The predicted molar refractivity (Wildman–Crippen MR) is 113 cm³/mol. The van der Waals surface area contributed by atoms with Gasteiger partial charge in [-0.05, 0) is 48.9 Å². The maximum atomic E-state index is 9.00. The van der Waals surface area contributed by atoms with Gasteiger partial charge in [-0.25, -0.2) is 0 Å². The Morgan fingerprint density at radius 2 is 1.48 bits per heavy atom. The van der Waals surface area contributed by atoms with Gasteiger partial charge in [-0.3, -0.25) is 4.79 Å². The summed E-state index contributed by atoms with van der Waals surface area (Å²) in [6, 6.07) is 25.1. The van der Waals surface area contributed by atoms with E-state index in [2.05, 4.69) is 104 Å². The first-order valence-corrected chi connectivity index (χ1v) is 8.80. The van der Waals surface area contributed by atoms with Crippen molar-refractivity contribution in [3.63, 3.8) is 0 Å². The first kappa shape index (κ1) is 20.1. The van der Waals surface area contributed by atoms with E-state index < -0.39 is 5.97 Å². The third-order valence-corrected chi connectivity index (χ3v) is 4.24. The normalized spacial score (nSPS) is 10.2. The molecule has 0 spiro atoms. The van der Waals surface area contributed by atoms with Crippen LogP contribution in [0.1, 0.15) is 26.3 Å². The lowest BCUT2D eigenvalue weighted by Crippen LogP contribution is -2.39. The molecule has 1 N–H and O–H groups in total. The van der Waals surface area contributed by atoms with Crippen LogP contribution in [0.4, 0.5) is 5.69 Å². The molecular formula is C24H25NO2. The SMILES string of the molecule is CC(=O)O.CN(c1ccccc1)C(C)(C)C#Cc1ccc2ccccc2c1. The third-order valence-electron chi connectivity index (χ3n) is 4.24. The largest absolute Gasteiger partial charge is 0.481 e. The summed E-state index contributed by atoms with van der Waals surface area (Å²) >= 11 is 0. The first-order chi connectivity index (χ1) is 12.8. The summed E-state index contributed by atoms with van der Waals surface area (Å²) in [7, 11) is 2.09. The van der Waals surface area contributed by atoms with Crippen molar-refractivity contribution in [3.8, 4) is 11.8 Å². The van der Waals surface area contributed by atoms with E-state index in [1.807, 2.05) is 6.07 Å². The number of fused-ring (bicyclic) bond motifs is 1. The molecule has 0 atom stereocenters. The molecule has 138 valence electrons. The standard InChI is InChI=1S/C22H21N.C2H4O2/c1-22(2,23(3)21-11-5-4-6-12-21)16-15-18-13-14-19-9-7-8-10-20(19)17-18;1-2(3)4/h4-14,17H,1-3H3;1H3,(H,3,4). The molecule has 0 saturated heterocycles. The van der Waals surface area contributed by atoms with Gasteiger partial charge in [-0.2, -0.15) is 0 Å². The van der Waals surface area contributed by atoms with Crippen LogP contribution < -0.4 is 4.90 Å². The Morgan fingerprint density at radius 3 is 2.11 bits per heavy atom. The molecular weight excluding hydrogens is 334 g/mol. The van der Waals surface area contributed by atoms with E-state index in [1.54, 1.807) is 0 Å². The lowest BCUT2D eigenvalue weighted by Gasteiger charge is -2.33. The van der Waals surface area contributed by atoms with Crippen molar-refractivity contribution in [2.24, 2.45) is 0 Å². The molecule has 0 aliphatic carbocycles. The van der Waals surface area contributed by atoms with Crippen molar-refractivity contribution in [2.75, 3.05) is 11.9 Å². The first-order valence-electron chi connectivity index (χ1n) is 8.80. The number of nitrogens with zero attached hydrogens (tertiary/aromatic N) is 1. The van der Waals surface area contributed by atoms with E-state index in [0.29, 0.717) is 0 Å². The van der Waals surface area contributed by atoms with E-state index in [-0.39, 0.29) is 5.54 Å². The van der Waals surface area contributed by atoms with Gasteiger partial charge in [0.1, 0.15) is 0 Å². The quantitative estimate of drug-likeness (QED) is 0.640. The van der Waals surface area contributed by atoms with Crippen molar-refractivity contribution < 1.29 is 9.90 Å². The molecule has 3 nitrogen and oxygen atoms in total. The molecule has 0 saturated carbocycles. The van der Waals surface area contributed by atoms with Crippen molar-refractivity contribution in [3.05, 3.63) is 78.4 Å². The zero-order valence-corrected chi connectivity index (χ0v) is 16.2. The fourth-order valence-electron chi connectivity index (χ4n) is 2.55. The van der Waals surface area contributed by atoms with Crippen LogP contribution in [0.3, 0.4) is 0 Å². The van der Waals surface area contributed by atoms with E-state index in [9.17, 15) is 0 Å². The molecule has 3 aromatic rings. The molecule has 3 aromatic carbocycles. The van der Waals surface area contributed by atoms with Crippen LogP contribution in [0, 0.1) is 11.8 Å². The number of rotatable bonds is 2.